The quantitative estimate of drug-likeness (QED) is 0.494. The van der Waals surface area contributed by atoms with Crippen molar-refractivity contribution in [3.8, 4) is 6.01 Å². The van der Waals surface area contributed by atoms with E-state index in [9.17, 15) is 4.79 Å². The van der Waals surface area contributed by atoms with Crippen molar-refractivity contribution < 1.29 is 14.3 Å². The lowest BCUT2D eigenvalue weighted by Crippen LogP contribution is -2.49. The van der Waals surface area contributed by atoms with Gasteiger partial charge in [0.15, 0.2) is 0 Å². The first-order chi connectivity index (χ1) is 14.7. The zero-order valence-electron chi connectivity index (χ0n) is 17.6. The minimum absolute atomic E-state index is 0.00661. The van der Waals surface area contributed by atoms with Gasteiger partial charge >= 0.3 is 6.01 Å². The van der Waals surface area contributed by atoms with E-state index in [0.29, 0.717) is 25.7 Å². The summed E-state index contributed by atoms with van der Waals surface area (Å²) in [6.45, 7) is 13.3. The van der Waals surface area contributed by atoms with E-state index in [0.717, 1.165) is 83.4 Å². The van der Waals surface area contributed by atoms with Crippen LogP contribution in [0, 0.1) is 0 Å². The number of piperazine rings is 1. The summed E-state index contributed by atoms with van der Waals surface area (Å²) in [7, 11) is 0. The van der Waals surface area contributed by atoms with Gasteiger partial charge in [-0.15, -0.1) is 0 Å². The Morgan fingerprint density at radius 2 is 1.97 bits per heavy atom. The number of fused-ring (bicyclic) bond motifs is 1. The summed E-state index contributed by atoms with van der Waals surface area (Å²) in [5.74, 6) is 0.961. The van der Waals surface area contributed by atoms with Crippen LogP contribution in [0.1, 0.15) is 17.7 Å². The Bertz CT molecular complexity index is 745. The number of aromatic nitrogens is 2. The van der Waals surface area contributed by atoms with Crippen LogP contribution in [0.2, 0.25) is 0 Å². The van der Waals surface area contributed by atoms with Gasteiger partial charge in [-0.1, -0.05) is 6.58 Å². The van der Waals surface area contributed by atoms with E-state index < -0.39 is 0 Å². The molecule has 164 valence electrons. The molecular formula is C21H32N6O3. The topological polar surface area (TPSA) is 83.1 Å². The maximum Gasteiger partial charge on any atom is 0.318 e. The van der Waals surface area contributed by atoms with Crippen LogP contribution in [-0.2, 0) is 22.5 Å². The average molecular weight is 417 g/mol. The molecule has 0 unspecified atom stereocenters. The third-order valence-electron chi connectivity index (χ3n) is 5.91. The molecule has 1 N–H and O–H groups in total. The summed E-state index contributed by atoms with van der Waals surface area (Å²) in [6.07, 6.45) is 3.24. The molecule has 0 spiro atoms. The molecule has 1 aromatic heterocycles. The molecule has 3 aliphatic heterocycles. The Hall–Kier alpha value is -2.23. The van der Waals surface area contributed by atoms with Gasteiger partial charge in [0.05, 0.1) is 25.5 Å². The third kappa shape index (κ3) is 5.08. The zero-order valence-corrected chi connectivity index (χ0v) is 17.6. The fraction of sp³-hybridized carbons (Fsp3) is 0.667. The molecule has 0 bridgehead atoms. The standard InChI is InChI=1S/C21H32N6O3/c1-2-19(28)26-7-9-27(10-8-26)20-17-4-5-22-16-18(17)23-21(24-20)30-13-3-6-25-11-14-29-15-12-25/h2,22H,1,3-16H2. The number of morpholine rings is 1. The minimum Gasteiger partial charge on any atom is -0.463 e. The van der Waals surface area contributed by atoms with E-state index >= 15 is 0 Å². The highest BCUT2D eigenvalue weighted by atomic mass is 16.5. The second-order valence-electron chi connectivity index (χ2n) is 7.85. The molecule has 0 aromatic carbocycles. The minimum atomic E-state index is -0.00661. The van der Waals surface area contributed by atoms with Gasteiger partial charge in [0.2, 0.25) is 5.91 Å². The van der Waals surface area contributed by atoms with Crippen LogP contribution in [0.4, 0.5) is 5.82 Å². The smallest absolute Gasteiger partial charge is 0.318 e. The van der Waals surface area contributed by atoms with Crippen molar-refractivity contribution in [1.29, 1.82) is 0 Å². The highest BCUT2D eigenvalue weighted by Gasteiger charge is 2.26. The third-order valence-corrected chi connectivity index (χ3v) is 5.91. The molecule has 0 atom stereocenters. The average Bonchev–Trinajstić information content (AvgIpc) is 2.81. The van der Waals surface area contributed by atoms with Gasteiger partial charge < -0.3 is 24.6 Å². The molecule has 0 aliphatic carbocycles. The monoisotopic (exact) mass is 416 g/mol. The van der Waals surface area contributed by atoms with Gasteiger partial charge in [0.25, 0.3) is 0 Å². The summed E-state index contributed by atoms with van der Waals surface area (Å²) in [6, 6.07) is 0.457. The SMILES string of the molecule is C=CC(=O)N1CCN(c2nc(OCCCN3CCOCC3)nc3c2CCNC3)CC1. The molecule has 9 nitrogen and oxygen atoms in total. The van der Waals surface area contributed by atoms with E-state index in [1.165, 1.54) is 11.6 Å². The van der Waals surface area contributed by atoms with Gasteiger partial charge in [0, 0.05) is 57.9 Å². The molecule has 3 aliphatic rings. The highest BCUT2D eigenvalue weighted by Crippen LogP contribution is 2.27. The predicted octanol–water partition coefficient (Wildman–Crippen LogP) is 0.0580. The maximum atomic E-state index is 11.9. The maximum absolute atomic E-state index is 11.9. The number of anilines is 1. The van der Waals surface area contributed by atoms with E-state index in [1.54, 1.807) is 0 Å². The van der Waals surface area contributed by atoms with Crippen molar-refractivity contribution in [2.24, 2.45) is 0 Å². The van der Waals surface area contributed by atoms with Crippen molar-refractivity contribution in [2.45, 2.75) is 19.4 Å². The number of carbonyl (C=O) groups excluding carboxylic acids is 1. The van der Waals surface area contributed by atoms with Crippen molar-refractivity contribution >= 4 is 11.7 Å². The molecule has 2 fully saturated rings. The van der Waals surface area contributed by atoms with Gasteiger partial charge in [-0.2, -0.15) is 9.97 Å². The largest absolute Gasteiger partial charge is 0.463 e. The van der Waals surface area contributed by atoms with Gasteiger partial charge in [-0.3, -0.25) is 9.69 Å². The van der Waals surface area contributed by atoms with Crippen LogP contribution in [0.5, 0.6) is 6.01 Å². The molecule has 1 aromatic rings. The van der Waals surface area contributed by atoms with Crippen LogP contribution in [0.25, 0.3) is 0 Å². The summed E-state index contributed by atoms with van der Waals surface area (Å²) in [5, 5.41) is 3.39. The van der Waals surface area contributed by atoms with E-state index in [4.69, 9.17) is 14.5 Å². The number of hydrogen-bond acceptors (Lipinski definition) is 8. The van der Waals surface area contributed by atoms with Crippen LogP contribution in [0.15, 0.2) is 12.7 Å². The van der Waals surface area contributed by atoms with Crippen molar-refractivity contribution in [1.82, 2.24) is 25.1 Å². The Kier molecular flexibility index (Phi) is 7.14. The number of carbonyl (C=O) groups is 1. The number of amides is 1. The lowest BCUT2D eigenvalue weighted by molar-refractivity contribution is -0.126. The summed E-state index contributed by atoms with van der Waals surface area (Å²) in [5.41, 5.74) is 2.23. The highest BCUT2D eigenvalue weighted by molar-refractivity contribution is 5.87. The predicted molar refractivity (Wildman–Crippen MR) is 114 cm³/mol. The number of ether oxygens (including phenoxy) is 2. The summed E-state index contributed by atoms with van der Waals surface area (Å²) >= 11 is 0. The Labute approximate surface area is 178 Å². The number of rotatable bonds is 7. The fourth-order valence-corrected chi connectivity index (χ4v) is 4.19. The second kappa shape index (κ2) is 10.2. The lowest BCUT2D eigenvalue weighted by atomic mass is 10.1. The molecule has 4 rings (SSSR count). The van der Waals surface area contributed by atoms with Gasteiger partial charge in [-0.25, -0.2) is 0 Å². The zero-order chi connectivity index (χ0) is 20.8. The number of hydrogen-bond donors (Lipinski definition) is 1. The molecule has 30 heavy (non-hydrogen) atoms. The van der Waals surface area contributed by atoms with Crippen molar-refractivity contribution in [3.63, 3.8) is 0 Å². The molecule has 1 amide bonds. The number of nitrogens with zero attached hydrogens (tertiary/aromatic N) is 5. The first-order valence-electron chi connectivity index (χ1n) is 10.9. The molecular weight excluding hydrogens is 384 g/mol. The fourth-order valence-electron chi connectivity index (χ4n) is 4.19. The van der Waals surface area contributed by atoms with E-state index in [2.05, 4.69) is 26.7 Å². The van der Waals surface area contributed by atoms with Gasteiger partial charge in [0.1, 0.15) is 5.82 Å². The Morgan fingerprint density at radius 3 is 2.73 bits per heavy atom. The number of nitrogens with one attached hydrogen (secondary N) is 1. The first kappa shape index (κ1) is 21.0. The Balaban J connectivity index is 1.39. The summed E-state index contributed by atoms with van der Waals surface area (Å²) < 4.78 is 11.4. The molecule has 9 heteroatoms. The summed E-state index contributed by atoms with van der Waals surface area (Å²) in [4.78, 5) is 27.9. The first-order valence-corrected chi connectivity index (χ1v) is 10.9. The molecule has 2 saturated heterocycles. The van der Waals surface area contributed by atoms with Gasteiger partial charge in [-0.05, 0) is 25.5 Å². The lowest BCUT2D eigenvalue weighted by Gasteiger charge is -2.36. The van der Waals surface area contributed by atoms with Crippen molar-refractivity contribution in [2.75, 3.05) is 77.1 Å². The molecule has 4 heterocycles. The van der Waals surface area contributed by atoms with Crippen LogP contribution in [0.3, 0.4) is 0 Å². The normalized spacial score (nSPS) is 20.0. The Morgan fingerprint density at radius 1 is 1.17 bits per heavy atom. The van der Waals surface area contributed by atoms with Crippen molar-refractivity contribution in [3.05, 3.63) is 23.9 Å². The molecule has 0 radical (unpaired) electrons. The van der Waals surface area contributed by atoms with Crippen LogP contribution in [-0.4, -0.2) is 97.9 Å². The molecule has 0 saturated carbocycles. The second-order valence-corrected chi connectivity index (χ2v) is 7.85. The van der Waals surface area contributed by atoms with Crippen LogP contribution < -0.4 is 15.0 Å². The van der Waals surface area contributed by atoms with E-state index in [-0.39, 0.29) is 5.91 Å². The van der Waals surface area contributed by atoms with E-state index in [1.807, 2.05) is 4.90 Å². The van der Waals surface area contributed by atoms with Crippen LogP contribution >= 0.6 is 0 Å².